The molecule has 0 aromatic heterocycles. The van der Waals surface area contributed by atoms with Crippen LogP contribution in [0.3, 0.4) is 0 Å². The van der Waals surface area contributed by atoms with Gasteiger partial charge >= 0.3 is 24.4 Å². The van der Waals surface area contributed by atoms with E-state index in [0.29, 0.717) is 0 Å². The molecule has 0 spiro atoms. The van der Waals surface area contributed by atoms with Crippen molar-refractivity contribution in [2.45, 2.75) is 0 Å². The average molecular weight is 234 g/mol. The summed E-state index contributed by atoms with van der Waals surface area (Å²) in [7, 11) is 0. The van der Waals surface area contributed by atoms with E-state index in [4.69, 9.17) is 0 Å². The first-order valence-corrected chi connectivity index (χ1v) is 0. The predicted molar refractivity (Wildman–Crippen MR) is 31.7 cm³/mol. The summed E-state index contributed by atoms with van der Waals surface area (Å²) in [6, 6.07) is 0. The molecule has 4 heavy (non-hydrogen) atoms. The van der Waals surface area contributed by atoms with E-state index < -0.39 is 0 Å². The fourth-order valence-corrected chi connectivity index (χ4v) is 0. The molecule has 0 N–H and O–H groups in total. The molecular formula is H6Cl3Sb. The zero-order valence-corrected chi connectivity index (χ0v) is 8.42. The molecule has 0 saturated heterocycles. The fraction of sp³-hybridized carbons (Fsp3) is 0. The van der Waals surface area contributed by atoms with Crippen LogP contribution in [0, 0.1) is 0 Å². The molecule has 0 fully saturated rings. The standard InChI is InChI=1S/3ClH.Sb.3H/h3*1H;;;;. The van der Waals surface area contributed by atoms with Gasteiger partial charge in [-0.15, -0.1) is 37.2 Å². The second kappa shape index (κ2) is 22.4. The molecule has 0 rings (SSSR count). The van der Waals surface area contributed by atoms with Crippen molar-refractivity contribution in [1.29, 1.82) is 0 Å². The van der Waals surface area contributed by atoms with E-state index in [0.717, 1.165) is 0 Å². The van der Waals surface area contributed by atoms with Gasteiger partial charge in [0.05, 0.1) is 0 Å². The van der Waals surface area contributed by atoms with Gasteiger partial charge in [0.15, 0.2) is 0 Å². The molecule has 0 bridgehead atoms. The van der Waals surface area contributed by atoms with E-state index in [-0.39, 0.29) is 61.6 Å². The SMILES string of the molecule is Cl.Cl.Cl.[SbH3]. The van der Waals surface area contributed by atoms with Crippen LogP contribution in [-0.4, -0.2) is 24.4 Å². The van der Waals surface area contributed by atoms with Gasteiger partial charge in [0.1, 0.15) is 0 Å². The Kier molecular flexibility index (Phi) is 245. The molecule has 4 heteroatoms. The summed E-state index contributed by atoms with van der Waals surface area (Å²) in [4.78, 5) is 0. The minimum absolute atomic E-state index is 0. The second-order valence-corrected chi connectivity index (χ2v) is 0. The van der Waals surface area contributed by atoms with Crippen LogP contribution in [0.1, 0.15) is 0 Å². The van der Waals surface area contributed by atoms with E-state index in [1.807, 2.05) is 0 Å². The van der Waals surface area contributed by atoms with Crippen LogP contribution in [0.5, 0.6) is 0 Å². The Labute approximate surface area is 61.4 Å². The van der Waals surface area contributed by atoms with Gasteiger partial charge < -0.3 is 0 Å². The molecule has 0 aliphatic carbocycles. The third-order valence-corrected chi connectivity index (χ3v) is 0. The molecule has 0 nitrogen and oxygen atoms in total. The summed E-state index contributed by atoms with van der Waals surface area (Å²) >= 11 is 0. The van der Waals surface area contributed by atoms with Crippen molar-refractivity contribution in [1.82, 2.24) is 0 Å². The van der Waals surface area contributed by atoms with Gasteiger partial charge in [0, 0.05) is 0 Å². The average Bonchev–Trinajstić information content (AvgIpc) is 0. The zero-order valence-electron chi connectivity index (χ0n) is 1.93. The van der Waals surface area contributed by atoms with Gasteiger partial charge in [-0.1, -0.05) is 0 Å². The maximum absolute atomic E-state index is 0. The van der Waals surface area contributed by atoms with Crippen molar-refractivity contribution in [3.8, 4) is 0 Å². The van der Waals surface area contributed by atoms with E-state index in [1.54, 1.807) is 0 Å². The molecule has 0 aromatic rings. The molecule has 0 radical (unpaired) electrons. The van der Waals surface area contributed by atoms with Crippen molar-refractivity contribution in [3.63, 3.8) is 0 Å². The van der Waals surface area contributed by atoms with Crippen LogP contribution < -0.4 is 0 Å². The molecule has 0 amide bonds. The van der Waals surface area contributed by atoms with Gasteiger partial charge in [-0.05, 0) is 0 Å². The zero-order chi connectivity index (χ0) is 0. The summed E-state index contributed by atoms with van der Waals surface area (Å²) in [6.07, 6.45) is 0. The van der Waals surface area contributed by atoms with E-state index >= 15 is 0 Å². The van der Waals surface area contributed by atoms with Crippen molar-refractivity contribution in [2.75, 3.05) is 0 Å². The van der Waals surface area contributed by atoms with Crippen molar-refractivity contribution in [2.24, 2.45) is 0 Å². The molecule has 32 valence electrons. The Morgan fingerprint density at radius 1 is 0.500 bits per heavy atom. The normalized spacial score (nSPS) is 0. The summed E-state index contributed by atoms with van der Waals surface area (Å²) in [5.74, 6) is 0. The molecule has 0 unspecified atom stereocenters. The van der Waals surface area contributed by atoms with Crippen molar-refractivity contribution < 1.29 is 0 Å². The monoisotopic (exact) mass is 232 g/mol. The van der Waals surface area contributed by atoms with Crippen LogP contribution in [0.2, 0.25) is 0 Å². The summed E-state index contributed by atoms with van der Waals surface area (Å²) in [5.41, 5.74) is 0. The number of rotatable bonds is 0. The van der Waals surface area contributed by atoms with Crippen LogP contribution >= 0.6 is 37.2 Å². The fourth-order valence-electron chi connectivity index (χ4n) is 0. The van der Waals surface area contributed by atoms with Crippen molar-refractivity contribution in [3.05, 3.63) is 0 Å². The Balaban J connectivity index is 0. The molecule has 0 heterocycles. The topological polar surface area (TPSA) is 0 Å². The summed E-state index contributed by atoms with van der Waals surface area (Å²) in [5, 5.41) is 0. The number of hydrogen-bond donors (Lipinski definition) is 0. The van der Waals surface area contributed by atoms with Gasteiger partial charge in [0.2, 0.25) is 0 Å². The quantitative estimate of drug-likeness (QED) is 0.521. The first-order chi connectivity index (χ1) is 0. The predicted octanol–water partition coefficient (Wildman–Crippen LogP) is 0.0815. The second-order valence-electron chi connectivity index (χ2n) is 0. The Hall–Kier alpha value is 1.69. The first-order valence-electron chi connectivity index (χ1n) is 0. The molecular weight excluding hydrogens is 228 g/mol. The third kappa shape index (κ3) is 9.35. The van der Waals surface area contributed by atoms with Crippen LogP contribution in [0.25, 0.3) is 0 Å². The summed E-state index contributed by atoms with van der Waals surface area (Å²) < 4.78 is 0. The molecule has 0 saturated carbocycles. The van der Waals surface area contributed by atoms with Crippen LogP contribution in [-0.2, 0) is 0 Å². The van der Waals surface area contributed by atoms with E-state index in [9.17, 15) is 0 Å². The first kappa shape index (κ1) is 43.9. The van der Waals surface area contributed by atoms with Crippen molar-refractivity contribution >= 4 is 61.6 Å². The minimum atomic E-state index is 0. The number of hydrogen-bond acceptors (Lipinski definition) is 0. The van der Waals surface area contributed by atoms with Gasteiger partial charge in [-0.3, -0.25) is 0 Å². The molecule has 0 aliphatic rings. The Morgan fingerprint density at radius 3 is 0.500 bits per heavy atom. The van der Waals surface area contributed by atoms with Gasteiger partial charge in [-0.25, -0.2) is 0 Å². The Bertz CT molecular complexity index is 3.25. The third-order valence-electron chi connectivity index (χ3n) is 0. The molecule has 0 aliphatic heterocycles. The van der Waals surface area contributed by atoms with E-state index in [1.165, 1.54) is 0 Å². The number of halogens is 3. The van der Waals surface area contributed by atoms with Crippen LogP contribution in [0.4, 0.5) is 0 Å². The van der Waals surface area contributed by atoms with Gasteiger partial charge in [-0.2, -0.15) is 0 Å². The maximum atomic E-state index is 0. The van der Waals surface area contributed by atoms with Gasteiger partial charge in [0.25, 0.3) is 0 Å². The van der Waals surface area contributed by atoms with Crippen LogP contribution in [0.15, 0.2) is 0 Å². The molecule has 0 atom stereocenters. The molecule has 0 aromatic carbocycles. The Morgan fingerprint density at radius 2 is 0.500 bits per heavy atom. The summed E-state index contributed by atoms with van der Waals surface area (Å²) in [6.45, 7) is 0. The van der Waals surface area contributed by atoms with E-state index in [2.05, 4.69) is 0 Å².